The van der Waals surface area contributed by atoms with E-state index in [0.29, 0.717) is 5.57 Å². The van der Waals surface area contributed by atoms with E-state index >= 15 is 0 Å². The van der Waals surface area contributed by atoms with Gasteiger partial charge in [0.05, 0.1) is 0 Å². The van der Waals surface area contributed by atoms with E-state index < -0.39 is 5.97 Å². The molecular formula is C16H30O2. The minimum atomic E-state index is -0.792. The summed E-state index contributed by atoms with van der Waals surface area (Å²) < 4.78 is 0. The van der Waals surface area contributed by atoms with E-state index in [-0.39, 0.29) is 0 Å². The highest BCUT2D eigenvalue weighted by Gasteiger charge is 2.02. The van der Waals surface area contributed by atoms with Gasteiger partial charge in [0.1, 0.15) is 0 Å². The molecule has 0 aliphatic rings. The Kier molecular flexibility index (Phi) is 10.8. The minimum absolute atomic E-state index is 0.476. The van der Waals surface area contributed by atoms with Crippen LogP contribution in [0, 0.1) is 5.92 Å². The third kappa shape index (κ3) is 9.26. The summed E-state index contributed by atoms with van der Waals surface area (Å²) in [6.07, 6.45) is 13.1. The standard InChI is InChI=1S/C16H30O2/c1-4-15(5-2)13-11-9-7-6-8-10-12-14(3)16(17)18/h12,15H,4-11,13H2,1-3H3,(H,17,18). The lowest BCUT2D eigenvalue weighted by molar-refractivity contribution is -0.132. The molecule has 0 heterocycles. The Morgan fingerprint density at radius 3 is 2.17 bits per heavy atom. The molecule has 0 fully saturated rings. The number of carbonyl (C=O) groups is 1. The topological polar surface area (TPSA) is 37.3 Å². The number of unbranched alkanes of at least 4 members (excludes halogenated alkanes) is 5. The monoisotopic (exact) mass is 254 g/mol. The molecule has 1 N–H and O–H groups in total. The van der Waals surface area contributed by atoms with E-state index in [9.17, 15) is 4.79 Å². The summed E-state index contributed by atoms with van der Waals surface area (Å²) in [6.45, 7) is 6.23. The highest BCUT2D eigenvalue weighted by molar-refractivity contribution is 5.85. The second-order valence-corrected chi connectivity index (χ2v) is 5.22. The van der Waals surface area contributed by atoms with E-state index in [1.165, 1.54) is 44.9 Å². The van der Waals surface area contributed by atoms with E-state index in [4.69, 9.17) is 5.11 Å². The van der Waals surface area contributed by atoms with Gasteiger partial charge in [-0.05, 0) is 25.7 Å². The molecular weight excluding hydrogens is 224 g/mol. The van der Waals surface area contributed by atoms with Crippen LogP contribution < -0.4 is 0 Å². The van der Waals surface area contributed by atoms with Gasteiger partial charge in [0, 0.05) is 5.57 Å². The van der Waals surface area contributed by atoms with Gasteiger partial charge < -0.3 is 5.11 Å². The first-order chi connectivity index (χ1) is 8.61. The third-order valence-corrected chi connectivity index (χ3v) is 3.76. The Labute approximate surface area is 112 Å². The molecule has 0 saturated heterocycles. The molecule has 0 aromatic heterocycles. The maximum Gasteiger partial charge on any atom is 0.330 e. The average molecular weight is 254 g/mol. The number of aliphatic carboxylic acids is 1. The zero-order valence-corrected chi connectivity index (χ0v) is 12.4. The normalized spacial score (nSPS) is 12.1. The van der Waals surface area contributed by atoms with Crippen molar-refractivity contribution in [1.82, 2.24) is 0 Å². The number of carboxylic acids is 1. The first kappa shape index (κ1) is 17.2. The van der Waals surface area contributed by atoms with Gasteiger partial charge >= 0.3 is 5.97 Å². The van der Waals surface area contributed by atoms with Crippen molar-refractivity contribution in [1.29, 1.82) is 0 Å². The summed E-state index contributed by atoms with van der Waals surface area (Å²) in [4.78, 5) is 10.6. The second kappa shape index (κ2) is 11.3. The van der Waals surface area contributed by atoms with Gasteiger partial charge in [0.15, 0.2) is 0 Å². The molecule has 0 rings (SSSR count). The molecule has 0 atom stereocenters. The summed E-state index contributed by atoms with van der Waals surface area (Å²) in [5.41, 5.74) is 0.476. The van der Waals surface area contributed by atoms with Crippen molar-refractivity contribution in [3.8, 4) is 0 Å². The van der Waals surface area contributed by atoms with E-state index in [1.54, 1.807) is 6.92 Å². The molecule has 0 radical (unpaired) electrons. The van der Waals surface area contributed by atoms with Gasteiger partial charge in [-0.3, -0.25) is 0 Å². The fraction of sp³-hybridized carbons (Fsp3) is 0.812. The fourth-order valence-corrected chi connectivity index (χ4v) is 2.21. The SMILES string of the molecule is CCC(CC)CCCCCCCC=C(C)C(=O)O. The van der Waals surface area contributed by atoms with Crippen molar-refractivity contribution in [2.24, 2.45) is 5.92 Å². The lowest BCUT2D eigenvalue weighted by atomic mass is 9.96. The maximum absolute atomic E-state index is 10.6. The van der Waals surface area contributed by atoms with Gasteiger partial charge in [-0.15, -0.1) is 0 Å². The summed E-state index contributed by atoms with van der Waals surface area (Å²) >= 11 is 0. The molecule has 0 aromatic rings. The van der Waals surface area contributed by atoms with Crippen LogP contribution in [0.25, 0.3) is 0 Å². The van der Waals surface area contributed by atoms with Gasteiger partial charge in [-0.25, -0.2) is 4.79 Å². The van der Waals surface area contributed by atoms with E-state index in [1.807, 2.05) is 6.08 Å². The zero-order chi connectivity index (χ0) is 13.8. The molecule has 0 aliphatic carbocycles. The number of allylic oxidation sites excluding steroid dienone is 1. The highest BCUT2D eigenvalue weighted by atomic mass is 16.4. The van der Waals surface area contributed by atoms with Crippen LogP contribution in [0.1, 0.15) is 78.6 Å². The van der Waals surface area contributed by atoms with Gasteiger partial charge in [-0.1, -0.05) is 64.9 Å². The molecule has 0 spiro atoms. The van der Waals surface area contributed by atoms with Crippen molar-refractivity contribution in [3.63, 3.8) is 0 Å². The van der Waals surface area contributed by atoms with Crippen LogP contribution in [-0.2, 0) is 4.79 Å². The summed E-state index contributed by atoms with van der Waals surface area (Å²) in [5, 5.41) is 8.69. The maximum atomic E-state index is 10.6. The third-order valence-electron chi connectivity index (χ3n) is 3.76. The largest absolute Gasteiger partial charge is 0.478 e. The Hall–Kier alpha value is -0.790. The van der Waals surface area contributed by atoms with Crippen molar-refractivity contribution in [2.45, 2.75) is 78.6 Å². The average Bonchev–Trinajstić information content (AvgIpc) is 2.36. The predicted octanol–water partition coefficient (Wildman–Crippen LogP) is 5.18. The Bertz CT molecular complexity index is 239. The predicted molar refractivity (Wildman–Crippen MR) is 77.8 cm³/mol. The first-order valence-corrected chi connectivity index (χ1v) is 7.51. The molecule has 0 bridgehead atoms. The Balaban J connectivity index is 3.36. The molecule has 0 aliphatic heterocycles. The lowest BCUT2D eigenvalue weighted by Crippen LogP contribution is -1.96. The van der Waals surface area contributed by atoms with Crippen molar-refractivity contribution in [2.75, 3.05) is 0 Å². The van der Waals surface area contributed by atoms with Crippen LogP contribution in [0.15, 0.2) is 11.6 Å². The molecule has 2 nitrogen and oxygen atoms in total. The summed E-state index contributed by atoms with van der Waals surface area (Å²) in [5.74, 6) is 0.131. The first-order valence-electron chi connectivity index (χ1n) is 7.51. The summed E-state index contributed by atoms with van der Waals surface area (Å²) in [6, 6.07) is 0. The van der Waals surface area contributed by atoms with Crippen LogP contribution in [-0.4, -0.2) is 11.1 Å². The number of carboxylic acid groups (broad SMARTS) is 1. The van der Waals surface area contributed by atoms with E-state index in [0.717, 1.165) is 18.8 Å². The van der Waals surface area contributed by atoms with Crippen molar-refractivity contribution >= 4 is 5.97 Å². The number of hydrogen-bond donors (Lipinski definition) is 1. The van der Waals surface area contributed by atoms with Gasteiger partial charge in [0.2, 0.25) is 0 Å². The molecule has 2 heteroatoms. The van der Waals surface area contributed by atoms with Gasteiger partial charge in [-0.2, -0.15) is 0 Å². The summed E-state index contributed by atoms with van der Waals surface area (Å²) in [7, 11) is 0. The zero-order valence-electron chi connectivity index (χ0n) is 12.4. The molecule has 0 amide bonds. The van der Waals surface area contributed by atoms with Crippen molar-refractivity contribution in [3.05, 3.63) is 11.6 Å². The second-order valence-electron chi connectivity index (χ2n) is 5.22. The quantitative estimate of drug-likeness (QED) is 0.407. The van der Waals surface area contributed by atoms with Gasteiger partial charge in [0.25, 0.3) is 0 Å². The van der Waals surface area contributed by atoms with Crippen LogP contribution in [0.4, 0.5) is 0 Å². The van der Waals surface area contributed by atoms with Crippen LogP contribution in [0.3, 0.4) is 0 Å². The minimum Gasteiger partial charge on any atom is -0.478 e. The van der Waals surface area contributed by atoms with E-state index in [2.05, 4.69) is 13.8 Å². The van der Waals surface area contributed by atoms with Crippen LogP contribution in [0.5, 0.6) is 0 Å². The molecule has 18 heavy (non-hydrogen) atoms. The lowest BCUT2D eigenvalue weighted by Gasteiger charge is -2.11. The Morgan fingerprint density at radius 2 is 1.61 bits per heavy atom. The van der Waals surface area contributed by atoms with Crippen LogP contribution >= 0.6 is 0 Å². The van der Waals surface area contributed by atoms with Crippen LogP contribution in [0.2, 0.25) is 0 Å². The molecule has 106 valence electrons. The highest BCUT2D eigenvalue weighted by Crippen LogP contribution is 2.17. The van der Waals surface area contributed by atoms with Crippen molar-refractivity contribution < 1.29 is 9.90 Å². The molecule has 0 unspecified atom stereocenters. The number of rotatable bonds is 11. The Morgan fingerprint density at radius 1 is 1.06 bits per heavy atom. The molecule has 0 saturated carbocycles. The fourth-order valence-electron chi connectivity index (χ4n) is 2.21. The smallest absolute Gasteiger partial charge is 0.330 e. The molecule has 0 aromatic carbocycles. The number of hydrogen-bond acceptors (Lipinski definition) is 1.